The van der Waals surface area contributed by atoms with Crippen molar-refractivity contribution in [1.82, 2.24) is 4.98 Å². The lowest BCUT2D eigenvalue weighted by atomic mass is 10.1. The van der Waals surface area contributed by atoms with E-state index in [1.165, 1.54) is 18.2 Å². The Morgan fingerprint density at radius 1 is 1.04 bits per heavy atom. The second-order valence-electron chi connectivity index (χ2n) is 5.21. The molecule has 1 heterocycles. The molecule has 0 aliphatic carbocycles. The van der Waals surface area contributed by atoms with Gasteiger partial charge >= 0.3 is 5.97 Å². The van der Waals surface area contributed by atoms with Crippen molar-refractivity contribution in [1.29, 1.82) is 0 Å². The minimum absolute atomic E-state index is 0.152. The SMILES string of the molecule is O=C(O)c1ccc(OCc2cccc(-c3cccnc3)c2)cc1O. The zero-order chi connectivity index (χ0) is 16.9. The summed E-state index contributed by atoms with van der Waals surface area (Å²) in [6.07, 6.45) is 3.52. The Morgan fingerprint density at radius 2 is 1.88 bits per heavy atom. The Hall–Kier alpha value is -3.34. The maximum absolute atomic E-state index is 10.9. The number of carboxylic acids is 1. The maximum atomic E-state index is 10.9. The van der Waals surface area contributed by atoms with Gasteiger partial charge in [0.25, 0.3) is 0 Å². The molecular formula is C19H15NO4. The van der Waals surface area contributed by atoms with Crippen LogP contribution in [0.1, 0.15) is 15.9 Å². The van der Waals surface area contributed by atoms with Crippen molar-refractivity contribution in [3.05, 3.63) is 78.1 Å². The van der Waals surface area contributed by atoms with E-state index in [0.717, 1.165) is 16.7 Å². The van der Waals surface area contributed by atoms with Crippen LogP contribution in [0.4, 0.5) is 0 Å². The zero-order valence-electron chi connectivity index (χ0n) is 12.7. The predicted molar refractivity (Wildman–Crippen MR) is 89.1 cm³/mol. The molecule has 0 atom stereocenters. The molecule has 2 aromatic carbocycles. The lowest BCUT2D eigenvalue weighted by Gasteiger charge is -2.09. The Labute approximate surface area is 138 Å². The van der Waals surface area contributed by atoms with E-state index in [0.29, 0.717) is 12.4 Å². The van der Waals surface area contributed by atoms with Gasteiger partial charge in [0.1, 0.15) is 23.7 Å². The van der Waals surface area contributed by atoms with Crippen molar-refractivity contribution < 1.29 is 19.7 Å². The van der Waals surface area contributed by atoms with Crippen LogP contribution in [0.5, 0.6) is 11.5 Å². The van der Waals surface area contributed by atoms with Crippen LogP contribution in [0.3, 0.4) is 0 Å². The third kappa shape index (κ3) is 3.52. The number of ether oxygens (including phenoxy) is 1. The van der Waals surface area contributed by atoms with Gasteiger partial charge in [-0.2, -0.15) is 0 Å². The summed E-state index contributed by atoms with van der Waals surface area (Å²) in [7, 11) is 0. The molecule has 0 aliphatic rings. The Balaban J connectivity index is 1.73. The van der Waals surface area contributed by atoms with Gasteiger partial charge in [0.05, 0.1) is 0 Å². The highest BCUT2D eigenvalue weighted by atomic mass is 16.5. The van der Waals surface area contributed by atoms with E-state index in [1.54, 1.807) is 12.4 Å². The summed E-state index contributed by atoms with van der Waals surface area (Å²) in [5.41, 5.74) is 2.86. The maximum Gasteiger partial charge on any atom is 0.339 e. The first-order valence-corrected chi connectivity index (χ1v) is 7.32. The fraction of sp³-hybridized carbons (Fsp3) is 0.0526. The third-order valence-electron chi connectivity index (χ3n) is 3.53. The van der Waals surface area contributed by atoms with Gasteiger partial charge in [-0.3, -0.25) is 4.98 Å². The molecule has 0 amide bonds. The largest absolute Gasteiger partial charge is 0.507 e. The first kappa shape index (κ1) is 15.6. The smallest absolute Gasteiger partial charge is 0.339 e. The monoisotopic (exact) mass is 321 g/mol. The van der Waals surface area contributed by atoms with Crippen LogP contribution in [0, 0.1) is 0 Å². The van der Waals surface area contributed by atoms with Crippen LogP contribution >= 0.6 is 0 Å². The average molecular weight is 321 g/mol. The van der Waals surface area contributed by atoms with E-state index >= 15 is 0 Å². The number of hydrogen-bond donors (Lipinski definition) is 2. The second-order valence-corrected chi connectivity index (χ2v) is 5.21. The summed E-state index contributed by atoms with van der Waals surface area (Å²) in [5, 5.41) is 18.6. The minimum atomic E-state index is -1.18. The van der Waals surface area contributed by atoms with Gasteiger partial charge in [0.2, 0.25) is 0 Å². The molecule has 120 valence electrons. The van der Waals surface area contributed by atoms with Crippen molar-refractivity contribution >= 4 is 5.97 Å². The van der Waals surface area contributed by atoms with Gasteiger partial charge in [-0.05, 0) is 41.0 Å². The number of rotatable bonds is 5. The number of aromatic hydroxyl groups is 1. The van der Waals surface area contributed by atoms with E-state index in [4.69, 9.17) is 9.84 Å². The Bertz CT molecular complexity index is 862. The molecule has 5 nitrogen and oxygen atoms in total. The number of benzene rings is 2. The lowest BCUT2D eigenvalue weighted by Crippen LogP contribution is -1.99. The van der Waals surface area contributed by atoms with E-state index in [9.17, 15) is 9.90 Å². The van der Waals surface area contributed by atoms with Gasteiger partial charge in [0, 0.05) is 18.5 Å². The summed E-state index contributed by atoms with van der Waals surface area (Å²) in [6.45, 7) is 0.306. The van der Waals surface area contributed by atoms with Crippen molar-refractivity contribution in [2.75, 3.05) is 0 Å². The quantitative estimate of drug-likeness (QED) is 0.748. The molecule has 0 radical (unpaired) electrons. The van der Waals surface area contributed by atoms with Crippen LogP contribution in [0.15, 0.2) is 67.0 Å². The molecule has 2 N–H and O–H groups in total. The molecule has 0 saturated heterocycles. The van der Waals surface area contributed by atoms with Gasteiger partial charge < -0.3 is 14.9 Å². The van der Waals surface area contributed by atoms with E-state index in [2.05, 4.69) is 4.98 Å². The van der Waals surface area contributed by atoms with Gasteiger partial charge in [-0.25, -0.2) is 4.79 Å². The molecule has 0 unspecified atom stereocenters. The van der Waals surface area contributed by atoms with Crippen LogP contribution in [0.25, 0.3) is 11.1 Å². The summed E-state index contributed by atoms with van der Waals surface area (Å²) in [6, 6.07) is 15.9. The van der Waals surface area contributed by atoms with Crippen LogP contribution in [0.2, 0.25) is 0 Å². The number of aromatic carboxylic acids is 1. The number of hydrogen-bond acceptors (Lipinski definition) is 4. The standard InChI is InChI=1S/C19H15NO4/c21-18-10-16(6-7-17(18)19(22)23)24-12-13-3-1-4-14(9-13)15-5-2-8-20-11-15/h1-11,21H,12H2,(H,22,23). The predicted octanol–water partition coefficient (Wildman–Crippen LogP) is 3.73. The Morgan fingerprint density at radius 3 is 2.58 bits per heavy atom. The minimum Gasteiger partial charge on any atom is -0.507 e. The van der Waals surface area contributed by atoms with Crippen molar-refractivity contribution in [2.24, 2.45) is 0 Å². The average Bonchev–Trinajstić information content (AvgIpc) is 2.61. The van der Waals surface area contributed by atoms with E-state index in [-0.39, 0.29) is 11.3 Å². The highest BCUT2D eigenvalue weighted by molar-refractivity contribution is 5.90. The number of pyridine rings is 1. The van der Waals surface area contributed by atoms with Crippen molar-refractivity contribution in [3.8, 4) is 22.6 Å². The molecule has 0 fully saturated rings. The third-order valence-corrected chi connectivity index (χ3v) is 3.53. The van der Waals surface area contributed by atoms with E-state index < -0.39 is 5.97 Å². The topological polar surface area (TPSA) is 79.7 Å². The van der Waals surface area contributed by atoms with Crippen LogP contribution in [-0.2, 0) is 6.61 Å². The van der Waals surface area contributed by atoms with Gasteiger partial charge in [-0.1, -0.05) is 24.3 Å². The molecule has 3 aromatic rings. The summed E-state index contributed by atoms with van der Waals surface area (Å²) < 4.78 is 5.63. The number of carboxylic acid groups (broad SMARTS) is 1. The summed E-state index contributed by atoms with van der Waals surface area (Å²) in [5.74, 6) is -1.09. The second kappa shape index (κ2) is 6.83. The number of carbonyl (C=O) groups is 1. The van der Waals surface area contributed by atoms with Crippen LogP contribution < -0.4 is 4.74 Å². The van der Waals surface area contributed by atoms with Gasteiger partial charge in [0.15, 0.2) is 0 Å². The molecule has 0 aliphatic heterocycles. The fourth-order valence-corrected chi connectivity index (χ4v) is 2.32. The molecule has 24 heavy (non-hydrogen) atoms. The summed E-state index contributed by atoms with van der Waals surface area (Å²) in [4.78, 5) is 15.0. The fourth-order valence-electron chi connectivity index (χ4n) is 2.32. The molecular weight excluding hydrogens is 306 g/mol. The number of nitrogens with zero attached hydrogens (tertiary/aromatic N) is 1. The molecule has 0 bridgehead atoms. The zero-order valence-corrected chi connectivity index (χ0v) is 12.7. The molecule has 1 aromatic heterocycles. The van der Waals surface area contributed by atoms with Crippen molar-refractivity contribution in [3.63, 3.8) is 0 Å². The first-order chi connectivity index (χ1) is 11.6. The van der Waals surface area contributed by atoms with Crippen molar-refractivity contribution in [2.45, 2.75) is 6.61 Å². The van der Waals surface area contributed by atoms with Gasteiger partial charge in [-0.15, -0.1) is 0 Å². The highest BCUT2D eigenvalue weighted by Crippen LogP contribution is 2.25. The first-order valence-electron chi connectivity index (χ1n) is 7.32. The normalized spacial score (nSPS) is 10.3. The number of aromatic nitrogens is 1. The van der Waals surface area contributed by atoms with Crippen LogP contribution in [-0.4, -0.2) is 21.2 Å². The molecule has 3 rings (SSSR count). The molecule has 0 saturated carbocycles. The summed E-state index contributed by atoms with van der Waals surface area (Å²) >= 11 is 0. The molecule has 5 heteroatoms. The highest BCUT2D eigenvalue weighted by Gasteiger charge is 2.10. The molecule has 0 spiro atoms. The lowest BCUT2D eigenvalue weighted by molar-refractivity contribution is 0.0693. The van der Waals surface area contributed by atoms with E-state index in [1.807, 2.05) is 36.4 Å². The Kier molecular flexibility index (Phi) is 4.43. The number of phenols is 1.